The summed E-state index contributed by atoms with van der Waals surface area (Å²) < 4.78 is 9.72. The highest BCUT2D eigenvalue weighted by atomic mass is 16.6. The van der Waals surface area contributed by atoms with Crippen molar-refractivity contribution in [3.05, 3.63) is 0 Å². The quantitative estimate of drug-likeness (QED) is 0.483. The van der Waals surface area contributed by atoms with Crippen LogP contribution in [0.2, 0.25) is 0 Å². The van der Waals surface area contributed by atoms with Crippen molar-refractivity contribution in [1.29, 1.82) is 0 Å². The van der Waals surface area contributed by atoms with Crippen LogP contribution in [-0.2, 0) is 14.3 Å². The summed E-state index contributed by atoms with van der Waals surface area (Å²) in [5.74, 6) is -0.256. The smallest absolute Gasteiger partial charge is 0.407 e. The largest absolute Gasteiger partial charge is 0.467 e. The van der Waals surface area contributed by atoms with Gasteiger partial charge < -0.3 is 25.4 Å². The molecule has 0 saturated carbocycles. The first kappa shape index (κ1) is 21.0. The van der Waals surface area contributed by atoms with Crippen molar-refractivity contribution in [3.63, 3.8) is 0 Å². The van der Waals surface area contributed by atoms with E-state index in [-0.39, 0.29) is 19.0 Å². The van der Waals surface area contributed by atoms with Crippen molar-refractivity contribution in [2.45, 2.75) is 52.7 Å². The molecule has 1 unspecified atom stereocenters. The van der Waals surface area contributed by atoms with Crippen molar-refractivity contribution < 1.29 is 23.9 Å². The van der Waals surface area contributed by atoms with Crippen LogP contribution in [0.1, 0.15) is 41.0 Å². The molecule has 3 amide bonds. The SMILES string of the molecule is COC(=O)C(CC(C)C)NC(=O)NCCNC(=O)OC(C)(C)C. The standard InChI is InChI=1S/C15H29N3O5/c1-10(2)9-11(12(19)22-6)18-13(20)16-7-8-17-14(21)23-15(3,4)5/h10-11H,7-9H2,1-6H3,(H,17,21)(H2,16,18,20). The van der Waals surface area contributed by atoms with Crippen molar-refractivity contribution >= 4 is 18.1 Å². The molecule has 0 fully saturated rings. The molecule has 0 spiro atoms. The number of ether oxygens (including phenoxy) is 2. The Hall–Kier alpha value is -1.99. The second-order valence-electron chi connectivity index (χ2n) is 6.53. The summed E-state index contributed by atoms with van der Waals surface area (Å²) in [6, 6.07) is -1.19. The Kier molecular flexibility index (Phi) is 9.05. The van der Waals surface area contributed by atoms with E-state index in [0.717, 1.165) is 0 Å². The maximum atomic E-state index is 11.8. The van der Waals surface area contributed by atoms with Crippen LogP contribution in [0.15, 0.2) is 0 Å². The van der Waals surface area contributed by atoms with E-state index in [4.69, 9.17) is 4.74 Å². The number of urea groups is 1. The number of hydrogen-bond donors (Lipinski definition) is 3. The first-order valence-corrected chi connectivity index (χ1v) is 7.64. The van der Waals surface area contributed by atoms with E-state index in [0.29, 0.717) is 6.42 Å². The van der Waals surface area contributed by atoms with Crippen LogP contribution in [0, 0.1) is 5.92 Å². The highest BCUT2D eigenvalue weighted by Gasteiger charge is 2.22. The number of carbonyl (C=O) groups excluding carboxylic acids is 3. The Morgan fingerprint density at radius 2 is 1.61 bits per heavy atom. The van der Waals surface area contributed by atoms with E-state index in [9.17, 15) is 14.4 Å². The summed E-state index contributed by atoms with van der Waals surface area (Å²) in [6.07, 6.45) is -0.0667. The fourth-order valence-electron chi connectivity index (χ4n) is 1.69. The summed E-state index contributed by atoms with van der Waals surface area (Å²) in [4.78, 5) is 34.8. The fourth-order valence-corrected chi connectivity index (χ4v) is 1.69. The van der Waals surface area contributed by atoms with Crippen LogP contribution in [0.4, 0.5) is 9.59 Å². The molecular weight excluding hydrogens is 302 g/mol. The molecule has 0 aliphatic carbocycles. The van der Waals surface area contributed by atoms with Gasteiger partial charge in [0.05, 0.1) is 7.11 Å². The lowest BCUT2D eigenvalue weighted by molar-refractivity contribution is -0.143. The van der Waals surface area contributed by atoms with Crippen LogP contribution in [0.5, 0.6) is 0 Å². The number of nitrogens with one attached hydrogen (secondary N) is 3. The molecule has 0 radical (unpaired) electrons. The Balaban J connectivity index is 4.09. The van der Waals surface area contributed by atoms with Gasteiger partial charge in [0.15, 0.2) is 0 Å². The van der Waals surface area contributed by atoms with Crippen molar-refractivity contribution in [2.24, 2.45) is 5.92 Å². The van der Waals surface area contributed by atoms with Crippen molar-refractivity contribution in [2.75, 3.05) is 20.2 Å². The first-order valence-electron chi connectivity index (χ1n) is 7.64. The first-order chi connectivity index (χ1) is 10.5. The molecule has 1 atom stereocenters. The Labute approximate surface area is 137 Å². The highest BCUT2D eigenvalue weighted by molar-refractivity contribution is 5.83. The molecule has 0 aliphatic heterocycles. The van der Waals surface area contributed by atoms with E-state index < -0.39 is 29.7 Å². The summed E-state index contributed by atoms with van der Waals surface area (Å²) in [5.41, 5.74) is -0.570. The highest BCUT2D eigenvalue weighted by Crippen LogP contribution is 2.06. The lowest BCUT2D eigenvalue weighted by Gasteiger charge is -2.20. The zero-order valence-electron chi connectivity index (χ0n) is 14.8. The minimum absolute atomic E-state index is 0.209. The van der Waals surface area contributed by atoms with E-state index in [1.165, 1.54) is 7.11 Å². The van der Waals surface area contributed by atoms with Gasteiger partial charge in [0.1, 0.15) is 11.6 Å². The second-order valence-corrected chi connectivity index (χ2v) is 6.53. The third kappa shape index (κ3) is 11.3. The predicted octanol–water partition coefficient (Wildman–Crippen LogP) is 1.40. The molecule has 8 nitrogen and oxygen atoms in total. The fraction of sp³-hybridized carbons (Fsp3) is 0.800. The van der Waals surface area contributed by atoms with Gasteiger partial charge in [-0.1, -0.05) is 13.8 Å². The van der Waals surface area contributed by atoms with Gasteiger partial charge in [0.2, 0.25) is 0 Å². The topological polar surface area (TPSA) is 106 Å². The third-order valence-electron chi connectivity index (χ3n) is 2.58. The molecule has 0 aromatic rings. The molecule has 0 aromatic carbocycles. The Morgan fingerprint density at radius 1 is 1.04 bits per heavy atom. The number of esters is 1. The molecule has 3 N–H and O–H groups in total. The van der Waals surface area contributed by atoms with E-state index >= 15 is 0 Å². The summed E-state index contributed by atoms with van der Waals surface area (Å²) in [6.45, 7) is 9.61. The monoisotopic (exact) mass is 331 g/mol. The van der Waals surface area contributed by atoms with Crippen LogP contribution >= 0.6 is 0 Å². The molecule has 23 heavy (non-hydrogen) atoms. The number of carbonyl (C=O) groups is 3. The molecule has 0 heterocycles. The Morgan fingerprint density at radius 3 is 2.09 bits per heavy atom. The second kappa shape index (κ2) is 9.91. The van der Waals surface area contributed by atoms with Gasteiger partial charge in [-0.15, -0.1) is 0 Å². The van der Waals surface area contributed by atoms with Gasteiger partial charge in [-0.3, -0.25) is 0 Å². The molecule has 0 saturated heterocycles. The van der Waals surface area contributed by atoms with Crippen LogP contribution < -0.4 is 16.0 Å². The zero-order valence-corrected chi connectivity index (χ0v) is 14.8. The maximum absolute atomic E-state index is 11.8. The molecule has 0 aromatic heterocycles. The Bertz CT molecular complexity index is 404. The normalized spacial score (nSPS) is 12.3. The van der Waals surface area contributed by atoms with Crippen LogP contribution in [0.25, 0.3) is 0 Å². The van der Waals surface area contributed by atoms with Crippen LogP contribution in [0.3, 0.4) is 0 Å². The average Bonchev–Trinajstić information content (AvgIpc) is 2.39. The molecule has 0 rings (SSSR count). The van der Waals surface area contributed by atoms with Gasteiger partial charge in [0, 0.05) is 13.1 Å². The zero-order chi connectivity index (χ0) is 18.0. The van der Waals surface area contributed by atoms with Gasteiger partial charge in [-0.05, 0) is 33.1 Å². The molecule has 134 valence electrons. The molecule has 0 bridgehead atoms. The van der Waals surface area contributed by atoms with Gasteiger partial charge >= 0.3 is 18.1 Å². The number of alkyl carbamates (subject to hydrolysis) is 1. The minimum Gasteiger partial charge on any atom is -0.467 e. The van der Waals surface area contributed by atoms with Gasteiger partial charge in [-0.2, -0.15) is 0 Å². The molecule has 0 aliphatic rings. The summed E-state index contributed by atoms with van der Waals surface area (Å²) >= 11 is 0. The van der Waals surface area contributed by atoms with Crippen LogP contribution in [-0.4, -0.2) is 49.9 Å². The average molecular weight is 331 g/mol. The number of rotatable bonds is 7. The maximum Gasteiger partial charge on any atom is 0.407 e. The summed E-state index contributed by atoms with van der Waals surface area (Å²) in [5, 5.41) is 7.63. The van der Waals surface area contributed by atoms with E-state index in [1.807, 2.05) is 13.8 Å². The van der Waals surface area contributed by atoms with Gasteiger partial charge in [0.25, 0.3) is 0 Å². The van der Waals surface area contributed by atoms with Crippen molar-refractivity contribution in [1.82, 2.24) is 16.0 Å². The van der Waals surface area contributed by atoms with Crippen molar-refractivity contribution in [3.8, 4) is 0 Å². The van der Waals surface area contributed by atoms with E-state index in [2.05, 4.69) is 20.7 Å². The van der Waals surface area contributed by atoms with Gasteiger partial charge in [-0.25, -0.2) is 14.4 Å². The molecular formula is C15H29N3O5. The lowest BCUT2D eigenvalue weighted by Crippen LogP contribution is -2.48. The number of hydrogen-bond acceptors (Lipinski definition) is 5. The third-order valence-corrected chi connectivity index (χ3v) is 2.58. The minimum atomic E-state index is -0.696. The number of methoxy groups -OCH3 is 1. The summed E-state index contributed by atoms with van der Waals surface area (Å²) in [7, 11) is 1.28. The lowest BCUT2D eigenvalue weighted by atomic mass is 10.0. The predicted molar refractivity (Wildman–Crippen MR) is 86.0 cm³/mol. The molecule has 8 heteroatoms. The van der Waals surface area contributed by atoms with E-state index in [1.54, 1.807) is 20.8 Å². The number of amides is 3.